The molecule has 1 heterocycles. The number of benzene rings is 1. The minimum Gasteiger partial charge on any atom is -0.494 e. The van der Waals surface area contributed by atoms with Gasteiger partial charge >= 0.3 is 0 Å². The quantitative estimate of drug-likeness (QED) is 0.719. The van der Waals surface area contributed by atoms with Crippen molar-refractivity contribution in [3.8, 4) is 5.75 Å². The molecule has 2 heteroatoms. The van der Waals surface area contributed by atoms with Crippen molar-refractivity contribution in [2.75, 3.05) is 6.61 Å². The van der Waals surface area contributed by atoms with Gasteiger partial charge in [0.25, 0.3) is 0 Å². The van der Waals surface area contributed by atoms with Crippen LogP contribution in [0, 0.1) is 0 Å². The molecule has 1 aromatic heterocycles. The topological polar surface area (TPSA) is 25.0 Å². The molecular weight excluding hydrogens is 150 g/mol. The van der Waals surface area contributed by atoms with Gasteiger partial charge in [0, 0.05) is 17.1 Å². The van der Waals surface area contributed by atoms with E-state index in [-0.39, 0.29) is 0 Å². The number of aromatic amines is 1. The van der Waals surface area contributed by atoms with Crippen molar-refractivity contribution in [3.05, 3.63) is 30.5 Å². The molecule has 0 saturated carbocycles. The molecule has 0 radical (unpaired) electrons. The lowest BCUT2D eigenvalue weighted by atomic mass is 10.2. The molecule has 0 amide bonds. The zero-order valence-corrected chi connectivity index (χ0v) is 7.00. The van der Waals surface area contributed by atoms with Crippen molar-refractivity contribution in [1.29, 1.82) is 0 Å². The van der Waals surface area contributed by atoms with Gasteiger partial charge in [0.2, 0.25) is 0 Å². The summed E-state index contributed by atoms with van der Waals surface area (Å²) in [5.74, 6) is 0.935. The Balaban J connectivity index is 2.46. The Morgan fingerprint density at radius 2 is 2.25 bits per heavy atom. The molecule has 62 valence electrons. The van der Waals surface area contributed by atoms with Crippen LogP contribution < -0.4 is 4.74 Å². The van der Waals surface area contributed by atoms with Gasteiger partial charge in [-0.05, 0) is 31.2 Å². The van der Waals surface area contributed by atoms with Crippen LogP contribution in [-0.2, 0) is 0 Å². The van der Waals surface area contributed by atoms with Gasteiger partial charge in [-0.3, -0.25) is 0 Å². The number of nitrogens with one attached hydrogen (secondary N) is 1. The average molecular weight is 161 g/mol. The van der Waals surface area contributed by atoms with E-state index in [4.69, 9.17) is 4.74 Å². The Morgan fingerprint density at radius 3 is 3.08 bits per heavy atom. The second kappa shape index (κ2) is 2.89. The van der Waals surface area contributed by atoms with Gasteiger partial charge in [0.05, 0.1) is 6.61 Å². The standard InChI is InChI=1S/C10H11NO/c1-2-12-9-3-4-10-8(7-9)5-6-11-10/h3-7,11H,2H2,1H3. The van der Waals surface area contributed by atoms with Crippen LogP contribution in [-0.4, -0.2) is 11.6 Å². The molecule has 2 aromatic rings. The van der Waals surface area contributed by atoms with E-state index in [1.807, 2.05) is 37.4 Å². The van der Waals surface area contributed by atoms with E-state index in [0.717, 1.165) is 17.9 Å². The van der Waals surface area contributed by atoms with Gasteiger partial charge in [-0.2, -0.15) is 0 Å². The van der Waals surface area contributed by atoms with Crippen LogP contribution in [0.4, 0.5) is 0 Å². The molecule has 1 aromatic carbocycles. The Bertz CT molecular complexity index is 378. The van der Waals surface area contributed by atoms with Gasteiger partial charge < -0.3 is 9.72 Å². The first-order valence-corrected chi connectivity index (χ1v) is 4.10. The smallest absolute Gasteiger partial charge is 0.120 e. The SMILES string of the molecule is CCOc1ccc2[nH]ccc2c1. The van der Waals surface area contributed by atoms with Crippen molar-refractivity contribution in [3.63, 3.8) is 0 Å². The van der Waals surface area contributed by atoms with Gasteiger partial charge in [-0.15, -0.1) is 0 Å². The van der Waals surface area contributed by atoms with Crippen molar-refractivity contribution < 1.29 is 4.74 Å². The molecular formula is C10H11NO. The normalized spacial score (nSPS) is 10.4. The molecule has 0 bridgehead atoms. The number of hydrogen-bond acceptors (Lipinski definition) is 1. The molecule has 12 heavy (non-hydrogen) atoms. The van der Waals surface area contributed by atoms with Crippen molar-refractivity contribution >= 4 is 10.9 Å². The maximum Gasteiger partial charge on any atom is 0.120 e. The number of aromatic nitrogens is 1. The highest BCUT2D eigenvalue weighted by Crippen LogP contribution is 2.19. The van der Waals surface area contributed by atoms with E-state index in [1.165, 1.54) is 5.39 Å². The molecule has 1 N–H and O–H groups in total. The third kappa shape index (κ3) is 1.16. The summed E-state index contributed by atoms with van der Waals surface area (Å²) in [7, 11) is 0. The Labute approximate surface area is 71.2 Å². The predicted octanol–water partition coefficient (Wildman–Crippen LogP) is 2.57. The van der Waals surface area contributed by atoms with Crippen LogP contribution in [0.25, 0.3) is 10.9 Å². The summed E-state index contributed by atoms with van der Waals surface area (Å²) in [4.78, 5) is 3.13. The average Bonchev–Trinajstić information content (AvgIpc) is 2.51. The van der Waals surface area contributed by atoms with Crippen LogP contribution in [0.2, 0.25) is 0 Å². The highest BCUT2D eigenvalue weighted by molar-refractivity contribution is 5.80. The largest absolute Gasteiger partial charge is 0.494 e. The van der Waals surface area contributed by atoms with Crippen LogP contribution in [0.1, 0.15) is 6.92 Å². The van der Waals surface area contributed by atoms with E-state index < -0.39 is 0 Å². The van der Waals surface area contributed by atoms with Gasteiger partial charge in [0.1, 0.15) is 5.75 Å². The summed E-state index contributed by atoms with van der Waals surface area (Å²) < 4.78 is 5.37. The zero-order chi connectivity index (χ0) is 8.39. The maximum absolute atomic E-state index is 5.37. The molecule has 0 atom stereocenters. The third-order valence-electron chi connectivity index (χ3n) is 1.84. The first kappa shape index (κ1) is 7.22. The summed E-state index contributed by atoms with van der Waals surface area (Å²) in [5, 5.41) is 1.20. The van der Waals surface area contributed by atoms with E-state index in [0.29, 0.717) is 0 Å². The fourth-order valence-electron chi connectivity index (χ4n) is 1.29. The summed E-state index contributed by atoms with van der Waals surface area (Å²) in [6, 6.07) is 8.08. The fourth-order valence-corrected chi connectivity index (χ4v) is 1.29. The molecule has 0 unspecified atom stereocenters. The number of fused-ring (bicyclic) bond motifs is 1. The predicted molar refractivity (Wildman–Crippen MR) is 49.5 cm³/mol. The summed E-state index contributed by atoms with van der Waals surface area (Å²) in [5.41, 5.74) is 1.15. The van der Waals surface area contributed by atoms with E-state index >= 15 is 0 Å². The minimum absolute atomic E-state index is 0.718. The lowest BCUT2D eigenvalue weighted by Gasteiger charge is -2.01. The number of H-pyrrole nitrogens is 1. The Morgan fingerprint density at radius 1 is 1.33 bits per heavy atom. The summed E-state index contributed by atoms with van der Waals surface area (Å²) in [6.45, 7) is 2.71. The zero-order valence-electron chi connectivity index (χ0n) is 7.00. The maximum atomic E-state index is 5.37. The van der Waals surface area contributed by atoms with Crippen LogP contribution >= 0.6 is 0 Å². The molecule has 2 nitrogen and oxygen atoms in total. The minimum atomic E-state index is 0.718. The van der Waals surface area contributed by atoms with Crippen LogP contribution in [0.3, 0.4) is 0 Å². The molecule has 0 aliphatic rings. The Hall–Kier alpha value is -1.44. The number of rotatable bonds is 2. The Kier molecular flexibility index (Phi) is 1.74. The second-order valence-electron chi connectivity index (χ2n) is 2.66. The third-order valence-corrected chi connectivity index (χ3v) is 1.84. The monoisotopic (exact) mass is 161 g/mol. The first-order chi connectivity index (χ1) is 5.90. The molecule has 0 aliphatic carbocycles. The molecule has 0 saturated heterocycles. The van der Waals surface area contributed by atoms with Crippen LogP contribution in [0.15, 0.2) is 30.5 Å². The van der Waals surface area contributed by atoms with E-state index in [2.05, 4.69) is 4.98 Å². The number of ether oxygens (including phenoxy) is 1. The molecule has 0 aliphatic heterocycles. The second-order valence-corrected chi connectivity index (χ2v) is 2.66. The molecule has 2 rings (SSSR count). The lowest BCUT2D eigenvalue weighted by molar-refractivity contribution is 0.341. The van der Waals surface area contributed by atoms with E-state index in [9.17, 15) is 0 Å². The molecule has 0 spiro atoms. The summed E-state index contributed by atoms with van der Waals surface area (Å²) in [6.07, 6.45) is 1.93. The van der Waals surface area contributed by atoms with E-state index in [1.54, 1.807) is 0 Å². The molecule has 0 fully saturated rings. The van der Waals surface area contributed by atoms with Crippen molar-refractivity contribution in [1.82, 2.24) is 4.98 Å². The van der Waals surface area contributed by atoms with Gasteiger partial charge in [-0.25, -0.2) is 0 Å². The number of hydrogen-bond donors (Lipinski definition) is 1. The van der Waals surface area contributed by atoms with Crippen LogP contribution in [0.5, 0.6) is 5.75 Å². The first-order valence-electron chi connectivity index (χ1n) is 4.10. The lowest BCUT2D eigenvalue weighted by Crippen LogP contribution is -1.90. The highest BCUT2D eigenvalue weighted by atomic mass is 16.5. The van der Waals surface area contributed by atoms with Crippen molar-refractivity contribution in [2.24, 2.45) is 0 Å². The highest BCUT2D eigenvalue weighted by Gasteiger charge is 1.95. The van der Waals surface area contributed by atoms with Gasteiger partial charge in [-0.1, -0.05) is 0 Å². The van der Waals surface area contributed by atoms with Gasteiger partial charge in [0.15, 0.2) is 0 Å². The summed E-state index contributed by atoms with van der Waals surface area (Å²) >= 11 is 0. The fraction of sp³-hybridized carbons (Fsp3) is 0.200. The van der Waals surface area contributed by atoms with Crippen molar-refractivity contribution in [2.45, 2.75) is 6.92 Å².